The van der Waals surface area contributed by atoms with Gasteiger partial charge in [-0.1, -0.05) is 0 Å². The van der Waals surface area contributed by atoms with Crippen molar-refractivity contribution in [2.75, 3.05) is 0 Å². The molecule has 0 aromatic heterocycles. The second kappa shape index (κ2) is 3.92. The van der Waals surface area contributed by atoms with Crippen LogP contribution in [0.5, 0.6) is 0 Å². The fraction of sp³-hybridized carbons (Fsp3) is 0.333. The summed E-state index contributed by atoms with van der Waals surface area (Å²) in [5.41, 5.74) is 2.96. The molecule has 0 N–H and O–H groups in total. The van der Waals surface area contributed by atoms with Gasteiger partial charge in [-0.3, -0.25) is 0 Å². The summed E-state index contributed by atoms with van der Waals surface area (Å²) in [6.45, 7) is 2.29. The number of rotatable bonds is 2. The Bertz CT molecular complexity index is 328. The Morgan fingerprint density at radius 1 is 1.38 bits per heavy atom. The molecular formula is C12H13Zr. The third-order valence-corrected chi connectivity index (χ3v) is 4.60. The van der Waals surface area contributed by atoms with Crippen LogP contribution in [0.2, 0.25) is 3.63 Å². The average molecular weight is 248 g/mol. The van der Waals surface area contributed by atoms with Gasteiger partial charge >= 0.3 is 95.2 Å². The van der Waals surface area contributed by atoms with Gasteiger partial charge in [0, 0.05) is 0 Å². The molecule has 0 spiro atoms. The summed E-state index contributed by atoms with van der Waals surface area (Å²) < 4.78 is 0.854. The standard InChI is InChI=1S/C12H13.Zr/c1-2-5-10-8-9-11-6-3-4-7-12(10)11;/h3-10H,2H2,1H3;. The molecule has 65 valence electrons. The summed E-state index contributed by atoms with van der Waals surface area (Å²) in [6.07, 6.45) is 5.93. The van der Waals surface area contributed by atoms with Gasteiger partial charge in [0.2, 0.25) is 0 Å². The van der Waals surface area contributed by atoms with Gasteiger partial charge in [-0.15, -0.1) is 0 Å². The van der Waals surface area contributed by atoms with Crippen molar-refractivity contribution in [1.82, 2.24) is 0 Å². The monoisotopic (exact) mass is 247 g/mol. The predicted octanol–water partition coefficient (Wildman–Crippen LogP) is 3.54. The Balaban J connectivity index is 2.33. The van der Waals surface area contributed by atoms with Crippen LogP contribution in [0.1, 0.15) is 30.4 Å². The molecule has 0 fully saturated rings. The van der Waals surface area contributed by atoms with Crippen LogP contribution in [0, 0.1) is 0 Å². The van der Waals surface area contributed by atoms with Gasteiger partial charge in [0.05, 0.1) is 0 Å². The van der Waals surface area contributed by atoms with Crippen LogP contribution in [0.3, 0.4) is 0 Å². The molecule has 1 aromatic rings. The van der Waals surface area contributed by atoms with Gasteiger partial charge in [0.15, 0.2) is 0 Å². The van der Waals surface area contributed by atoms with Crippen molar-refractivity contribution in [1.29, 1.82) is 0 Å². The molecule has 2 unspecified atom stereocenters. The summed E-state index contributed by atoms with van der Waals surface area (Å²) in [7, 11) is 0. The van der Waals surface area contributed by atoms with Gasteiger partial charge in [-0.05, 0) is 0 Å². The van der Waals surface area contributed by atoms with Crippen molar-refractivity contribution in [2.24, 2.45) is 0 Å². The molecule has 0 aliphatic heterocycles. The Labute approximate surface area is 94.9 Å². The minimum absolute atomic E-state index is 0.694. The van der Waals surface area contributed by atoms with Crippen molar-refractivity contribution in [2.45, 2.75) is 22.9 Å². The van der Waals surface area contributed by atoms with Crippen molar-refractivity contribution in [3.05, 3.63) is 41.5 Å². The first kappa shape index (κ1) is 9.40. The molecule has 1 aromatic carbocycles. The molecule has 0 bridgehead atoms. The third-order valence-electron chi connectivity index (χ3n) is 2.71. The molecule has 2 rings (SSSR count). The zero-order valence-electron chi connectivity index (χ0n) is 7.83. The third kappa shape index (κ3) is 1.72. The Morgan fingerprint density at radius 2 is 2.15 bits per heavy atom. The van der Waals surface area contributed by atoms with Crippen LogP contribution in [0.25, 0.3) is 6.08 Å². The van der Waals surface area contributed by atoms with E-state index in [0.717, 1.165) is 3.63 Å². The van der Waals surface area contributed by atoms with E-state index >= 15 is 0 Å². The van der Waals surface area contributed by atoms with Crippen molar-refractivity contribution in [3.63, 3.8) is 0 Å². The van der Waals surface area contributed by atoms with E-state index < -0.39 is 0 Å². The second-order valence-electron chi connectivity index (χ2n) is 3.53. The summed E-state index contributed by atoms with van der Waals surface area (Å²) in [5, 5.41) is 0. The SMILES string of the molecule is CC[CH]([Zr])C1C=Cc2ccccc21. The molecule has 0 radical (unpaired) electrons. The molecule has 0 saturated carbocycles. The summed E-state index contributed by atoms with van der Waals surface area (Å²) in [4.78, 5) is 0. The Morgan fingerprint density at radius 3 is 2.92 bits per heavy atom. The molecule has 2 atom stereocenters. The molecule has 0 saturated heterocycles. The van der Waals surface area contributed by atoms with Crippen molar-refractivity contribution < 1.29 is 24.7 Å². The van der Waals surface area contributed by atoms with Gasteiger partial charge < -0.3 is 0 Å². The fourth-order valence-electron chi connectivity index (χ4n) is 1.88. The zero-order valence-corrected chi connectivity index (χ0v) is 10.3. The quantitative estimate of drug-likeness (QED) is 0.751. The van der Waals surface area contributed by atoms with Crippen LogP contribution < -0.4 is 0 Å². The van der Waals surface area contributed by atoms with E-state index in [2.05, 4.69) is 43.3 Å². The molecular weight excluding hydrogens is 235 g/mol. The molecule has 0 nitrogen and oxygen atoms in total. The average Bonchev–Trinajstić information content (AvgIpc) is 2.60. The van der Waals surface area contributed by atoms with Gasteiger partial charge in [0.25, 0.3) is 0 Å². The molecule has 0 amide bonds. The maximum atomic E-state index is 2.37. The Kier molecular flexibility index (Phi) is 2.84. The van der Waals surface area contributed by atoms with E-state index in [0.29, 0.717) is 5.92 Å². The molecule has 1 heteroatoms. The second-order valence-corrected chi connectivity index (χ2v) is 5.35. The predicted molar refractivity (Wildman–Crippen MR) is 52.3 cm³/mol. The Hall–Kier alpha value is -0.157. The van der Waals surface area contributed by atoms with E-state index in [1.807, 2.05) is 0 Å². The number of hydrogen-bond acceptors (Lipinski definition) is 0. The summed E-state index contributed by atoms with van der Waals surface area (Å²) in [6, 6.07) is 8.75. The van der Waals surface area contributed by atoms with Crippen molar-refractivity contribution in [3.8, 4) is 0 Å². The van der Waals surface area contributed by atoms with Crippen LogP contribution in [0.4, 0.5) is 0 Å². The molecule has 1 aliphatic rings. The number of fused-ring (bicyclic) bond motifs is 1. The van der Waals surface area contributed by atoms with Gasteiger partial charge in [0.1, 0.15) is 0 Å². The van der Waals surface area contributed by atoms with Crippen LogP contribution in [-0.4, -0.2) is 0 Å². The first-order chi connectivity index (χ1) is 6.33. The van der Waals surface area contributed by atoms with E-state index in [1.54, 1.807) is 24.7 Å². The topological polar surface area (TPSA) is 0 Å². The molecule has 13 heavy (non-hydrogen) atoms. The number of allylic oxidation sites excluding steroid dienone is 1. The first-order valence-corrected chi connectivity index (χ1v) is 6.23. The minimum atomic E-state index is 0.694. The maximum absolute atomic E-state index is 2.37. The number of benzene rings is 1. The van der Waals surface area contributed by atoms with E-state index in [1.165, 1.54) is 17.5 Å². The van der Waals surface area contributed by atoms with Gasteiger partial charge in [-0.2, -0.15) is 0 Å². The fourth-order valence-corrected chi connectivity index (χ4v) is 2.60. The molecule has 1 aliphatic carbocycles. The zero-order chi connectivity index (χ0) is 9.26. The molecule has 0 heterocycles. The first-order valence-electron chi connectivity index (χ1n) is 4.81. The van der Waals surface area contributed by atoms with Gasteiger partial charge in [-0.25, -0.2) is 0 Å². The normalized spacial score (nSPS) is 21.4. The van der Waals surface area contributed by atoms with Crippen LogP contribution >= 0.6 is 0 Å². The van der Waals surface area contributed by atoms with E-state index in [4.69, 9.17) is 0 Å². The van der Waals surface area contributed by atoms with E-state index in [-0.39, 0.29) is 0 Å². The number of hydrogen-bond donors (Lipinski definition) is 0. The summed E-state index contributed by atoms with van der Waals surface area (Å²) in [5.74, 6) is 0.694. The van der Waals surface area contributed by atoms with Crippen LogP contribution in [-0.2, 0) is 24.7 Å². The van der Waals surface area contributed by atoms with Crippen molar-refractivity contribution >= 4 is 6.08 Å². The van der Waals surface area contributed by atoms with Crippen LogP contribution in [0.15, 0.2) is 30.3 Å². The summed E-state index contributed by atoms with van der Waals surface area (Å²) >= 11 is 1.66. The van der Waals surface area contributed by atoms with E-state index in [9.17, 15) is 0 Å².